The summed E-state index contributed by atoms with van der Waals surface area (Å²) in [5.41, 5.74) is 0. The van der Waals surface area contributed by atoms with Crippen LogP contribution in [0.1, 0.15) is 96.8 Å². The van der Waals surface area contributed by atoms with Crippen molar-refractivity contribution in [2.45, 2.75) is 109 Å². The molecule has 4 nitrogen and oxygen atoms in total. The SMILES string of the molecule is CCCCCCCC(O)CC(O)CCCCCCCC(=O)OC. The minimum atomic E-state index is -0.379. The van der Waals surface area contributed by atoms with Crippen LogP contribution in [0.3, 0.4) is 0 Å². The summed E-state index contributed by atoms with van der Waals surface area (Å²) in [5.74, 6) is -0.135. The molecule has 138 valence electrons. The first-order valence-corrected chi connectivity index (χ1v) is 9.53. The normalized spacial score (nSPS) is 13.7. The summed E-state index contributed by atoms with van der Waals surface area (Å²) in [6.45, 7) is 2.20. The van der Waals surface area contributed by atoms with E-state index in [0.29, 0.717) is 12.8 Å². The highest BCUT2D eigenvalue weighted by Crippen LogP contribution is 2.15. The molecule has 0 spiro atoms. The van der Waals surface area contributed by atoms with Crippen LogP contribution in [0.5, 0.6) is 0 Å². The Bertz CT molecular complexity index is 268. The molecule has 0 heterocycles. The van der Waals surface area contributed by atoms with E-state index in [4.69, 9.17) is 0 Å². The third kappa shape index (κ3) is 16.0. The number of hydrogen-bond donors (Lipinski definition) is 2. The highest BCUT2D eigenvalue weighted by molar-refractivity contribution is 5.68. The van der Waals surface area contributed by atoms with Gasteiger partial charge < -0.3 is 14.9 Å². The maximum Gasteiger partial charge on any atom is 0.305 e. The van der Waals surface area contributed by atoms with Crippen molar-refractivity contribution in [3.8, 4) is 0 Å². The van der Waals surface area contributed by atoms with Crippen LogP contribution in [0.2, 0.25) is 0 Å². The van der Waals surface area contributed by atoms with Crippen LogP contribution in [0, 0.1) is 0 Å². The Morgan fingerprint density at radius 2 is 1.30 bits per heavy atom. The fraction of sp³-hybridized carbons (Fsp3) is 0.947. The van der Waals surface area contributed by atoms with Crippen LogP contribution in [0.4, 0.5) is 0 Å². The summed E-state index contributed by atoms with van der Waals surface area (Å²) >= 11 is 0. The van der Waals surface area contributed by atoms with Gasteiger partial charge in [0, 0.05) is 6.42 Å². The maximum atomic E-state index is 10.9. The Morgan fingerprint density at radius 3 is 1.83 bits per heavy atom. The summed E-state index contributed by atoms with van der Waals surface area (Å²) < 4.78 is 4.60. The van der Waals surface area contributed by atoms with Crippen molar-refractivity contribution >= 4 is 5.97 Å². The summed E-state index contributed by atoms with van der Waals surface area (Å²) in [6, 6.07) is 0. The smallest absolute Gasteiger partial charge is 0.305 e. The number of carbonyl (C=O) groups is 1. The van der Waals surface area contributed by atoms with Crippen molar-refractivity contribution in [2.75, 3.05) is 7.11 Å². The molecule has 2 N–H and O–H groups in total. The summed E-state index contributed by atoms with van der Waals surface area (Å²) in [6.07, 6.45) is 12.9. The standard InChI is InChI=1S/C19H38O4/c1-3-4-5-7-10-13-17(20)16-18(21)14-11-8-6-9-12-15-19(22)23-2/h17-18,20-21H,3-16H2,1-2H3. The van der Waals surface area contributed by atoms with Gasteiger partial charge in [-0.25, -0.2) is 0 Å². The van der Waals surface area contributed by atoms with Gasteiger partial charge in [0.25, 0.3) is 0 Å². The lowest BCUT2D eigenvalue weighted by Crippen LogP contribution is -2.17. The largest absolute Gasteiger partial charge is 0.469 e. The average molecular weight is 331 g/mol. The van der Waals surface area contributed by atoms with Gasteiger partial charge in [-0.15, -0.1) is 0 Å². The monoisotopic (exact) mass is 330 g/mol. The molecule has 2 unspecified atom stereocenters. The van der Waals surface area contributed by atoms with Gasteiger partial charge in [-0.2, -0.15) is 0 Å². The number of ether oxygens (including phenoxy) is 1. The molecule has 0 aliphatic heterocycles. The lowest BCUT2D eigenvalue weighted by molar-refractivity contribution is -0.140. The molecule has 0 aromatic rings. The van der Waals surface area contributed by atoms with Gasteiger partial charge in [0.15, 0.2) is 0 Å². The number of rotatable bonds is 16. The molecule has 2 atom stereocenters. The molecule has 0 rings (SSSR count). The Kier molecular flexibility index (Phi) is 15.8. The number of methoxy groups -OCH3 is 1. The van der Waals surface area contributed by atoms with Crippen LogP contribution in [0.15, 0.2) is 0 Å². The quantitative estimate of drug-likeness (QED) is 0.326. The average Bonchev–Trinajstić information content (AvgIpc) is 2.53. The molecule has 0 aromatic carbocycles. The van der Waals surface area contributed by atoms with E-state index in [1.54, 1.807) is 0 Å². The molecule has 0 fully saturated rings. The first kappa shape index (κ1) is 22.4. The molecule has 0 radical (unpaired) electrons. The van der Waals surface area contributed by atoms with Gasteiger partial charge in [-0.05, 0) is 25.7 Å². The van der Waals surface area contributed by atoms with Gasteiger partial charge in [0.1, 0.15) is 0 Å². The second kappa shape index (κ2) is 16.3. The lowest BCUT2D eigenvalue weighted by Gasteiger charge is -2.15. The highest BCUT2D eigenvalue weighted by atomic mass is 16.5. The Labute approximate surface area is 142 Å². The molecule has 4 heteroatoms. The van der Waals surface area contributed by atoms with Crippen molar-refractivity contribution in [3.05, 3.63) is 0 Å². The molecule has 0 aliphatic rings. The number of esters is 1. The van der Waals surface area contributed by atoms with E-state index in [9.17, 15) is 15.0 Å². The summed E-state index contributed by atoms with van der Waals surface area (Å²) in [4.78, 5) is 10.9. The molecule has 0 aromatic heterocycles. The van der Waals surface area contributed by atoms with Crippen LogP contribution >= 0.6 is 0 Å². The molecular weight excluding hydrogens is 292 g/mol. The molecule has 0 saturated carbocycles. The first-order chi connectivity index (χ1) is 11.1. The molecule has 23 heavy (non-hydrogen) atoms. The number of aliphatic hydroxyl groups excluding tert-OH is 2. The van der Waals surface area contributed by atoms with Gasteiger partial charge >= 0.3 is 5.97 Å². The van der Waals surface area contributed by atoms with Crippen molar-refractivity contribution in [2.24, 2.45) is 0 Å². The predicted octanol–water partition coefficient (Wildman–Crippen LogP) is 4.36. The van der Waals surface area contributed by atoms with Crippen LogP contribution in [0.25, 0.3) is 0 Å². The zero-order valence-corrected chi connectivity index (χ0v) is 15.3. The number of aliphatic hydroxyl groups is 2. The number of unbranched alkanes of at least 4 members (excludes halogenated alkanes) is 8. The lowest BCUT2D eigenvalue weighted by atomic mass is 10.00. The minimum Gasteiger partial charge on any atom is -0.469 e. The molecule has 0 amide bonds. The van der Waals surface area contributed by atoms with E-state index >= 15 is 0 Å². The van der Waals surface area contributed by atoms with Gasteiger partial charge in [-0.1, -0.05) is 64.7 Å². The zero-order valence-electron chi connectivity index (χ0n) is 15.3. The zero-order chi connectivity index (χ0) is 17.3. The number of carbonyl (C=O) groups excluding carboxylic acids is 1. The van der Waals surface area contributed by atoms with Gasteiger partial charge in [0.05, 0.1) is 19.3 Å². The van der Waals surface area contributed by atoms with E-state index in [1.807, 2.05) is 0 Å². The minimum absolute atomic E-state index is 0.135. The third-order valence-electron chi connectivity index (χ3n) is 4.33. The van der Waals surface area contributed by atoms with Crippen molar-refractivity contribution in [3.63, 3.8) is 0 Å². The topological polar surface area (TPSA) is 66.8 Å². The molecular formula is C19H38O4. The molecule has 0 saturated heterocycles. The second-order valence-corrected chi connectivity index (χ2v) is 6.63. The highest BCUT2D eigenvalue weighted by Gasteiger charge is 2.11. The van der Waals surface area contributed by atoms with Crippen LogP contribution in [-0.4, -0.2) is 35.5 Å². The Hall–Kier alpha value is -0.610. The number of hydrogen-bond acceptors (Lipinski definition) is 4. The van der Waals surface area contributed by atoms with E-state index < -0.39 is 0 Å². The van der Waals surface area contributed by atoms with Crippen LogP contribution < -0.4 is 0 Å². The third-order valence-corrected chi connectivity index (χ3v) is 4.33. The maximum absolute atomic E-state index is 10.9. The fourth-order valence-electron chi connectivity index (χ4n) is 2.81. The van der Waals surface area contributed by atoms with E-state index in [0.717, 1.165) is 51.4 Å². The van der Waals surface area contributed by atoms with Crippen molar-refractivity contribution in [1.29, 1.82) is 0 Å². The van der Waals surface area contributed by atoms with Crippen LogP contribution in [-0.2, 0) is 9.53 Å². The van der Waals surface area contributed by atoms with Gasteiger partial charge in [-0.3, -0.25) is 4.79 Å². The summed E-state index contributed by atoms with van der Waals surface area (Å²) in [7, 11) is 1.42. The second-order valence-electron chi connectivity index (χ2n) is 6.63. The van der Waals surface area contributed by atoms with E-state index in [2.05, 4.69) is 11.7 Å². The van der Waals surface area contributed by atoms with Crippen molar-refractivity contribution in [1.82, 2.24) is 0 Å². The fourth-order valence-corrected chi connectivity index (χ4v) is 2.81. The molecule has 0 aliphatic carbocycles. The Balaban J connectivity index is 3.38. The summed E-state index contributed by atoms with van der Waals surface area (Å²) in [5, 5.41) is 19.9. The van der Waals surface area contributed by atoms with Gasteiger partial charge in [0.2, 0.25) is 0 Å². The molecule has 0 bridgehead atoms. The van der Waals surface area contributed by atoms with E-state index in [-0.39, 0.29) is 18.2 Å². The first-order valence-electron chi connectivity index (χ1n) is 9.53. The predicted molar refractivity (Wildman–Crippen MR) is 94.3 cm³/mol. The van der Waals surface area contributed by atoms with E-state index in [1.165, 1.54) is 32.8 Å². The van der Waals surface area contributed by atoms with Crippen molar-refractivity contribution < 1.29 is 19.7 Å². The Morgan fingerprint density at radius 1 is 0.826 bits per heavy atom.